The van der Waals surface area contributed by atoms with Crippen LogP contribution in [0, 0.1) is 0 Å². The minimum absolute atomic E-state index is 0.234. The lowest BCUT2D eigenvalue weighted by Crippen LogP contribution is -2.32. The van der Waals surface area contributed by atoms with Gasteiger partial charge in [-0.3, -0.25) is 10.1 Å². The van der Waals surface area contributed by atoms with Crippen molar-refractivity contribution in [3.8, 4) is 0 Å². The Hall–Kier alpha value is -2.37. The van der Waals surface area contributed by atoms with E-state index in [4.69, 9.17) is 23.8 Å². The van der Waals surface area contributed by atoms with E-state index in [-0.39, 0.29) is 11.0 Å². The van der Waals surface area contributed by atoms with Gasteiger partial charge in [-0.1, -0.05) is 41.9 Å². The van der Waals surface area contributed by atoms with Crippen molar-refractivity contribution in [1.82, 2.24) is 5.32 Å². The van der Waals surface area contributed by atoms with Crippen LogP contribution in [0.15, 0.2) is 54.6 Å². The molecule has 2 aromatic rings. The second-order valence-corrected chi connectivity index (χ2v) is 6.86. The Labute approximate surface area is 163 Å². The van der Waals surface area contributed by atoms with E-state index in [9.17, 15) is 4.79 Å². The molecule has 0 unspecified atom stereocenters. The molecule has 3 rings (SSSR count). The summed E-state index contributed by atoms with van der Waals surface area (Å²) >= 11 is 11.6. The zero-order valence-corrected chi connectivity index (χ0v) is 15.8. The molecule has 0 bridgehead atoms. The van der Waals surface area contributed by atoms with Gasteiger partial charge in [0.05, 0.1) is 10.7 Å². The van der Waals surface area contributed by atoms with Crippen LogP contribution in [-0.4, -0.2) is 24.1 Å². The van der Waals surface area contributed by atoms with Crippen LogP contribution in [-0.2, 0) is 4.79 Å². The summed E-state index contributed by atoms with van der Waals surface area (Å²) in [6, 6.07) is 15.3. The van der Waals surface area contributed by atoms with E-state index in [1.165, 1.54) is 18.9 Å². The fraction of sp³-hybridized carbons (Fsp3) is 0.200. The summed E-state index contributed by atoms with van der Waals surface area (Å²) in [6.45, 7) is 2.07. The number of halogens is 1. The maximum absolute atomic E-state index is 12.0. The zero-order chi connectivity index (χ0) is 18.4. The lowest BCUT2D eigenvalue weighted by molar-refractivity contribution is -0.115. The summed E-state index contributed by atoms with van der Waals surface area (Å²) in [4.78, 5) is 14.2. The minimum atomic E-state index is -0.286. The van der Waals surface area contributed by atoms with Crippen molar-refractivity contribution in [2.45, 2.75) is 12.8 Å². The molecule has 0 atom stereocenters. The van der Waals surface area contributed by atoms with Gasteiger partial charge >= 0.3 is 0 Å². The van der Waals surface area contributed by atoms with Crippen LogP contribution in [0.2, 0.25) is 5.02 Å². The molecule has 0 aliphatic carbocycles. The normalized spacial score (nSPS) is 13.8. The number of hydrogen-bond donors (Lipinski definition) is 2. The Balaban J connectivity index is 1.55. The molecular weight excluding hydrogens is 366 g/mol. The average molecular weight is 386 g/mol. The molecule has 0 saturated carbocycles. The number of carbonyl (C=O) groups excluding carboxylic acids is 1. The number of rotatable bonds is 4. The van der Waals surface area contributed by atoms with Gasteiger partial charge in [0.2, 0.25) is 5.91 Å². The fourth-order valence-corrected chi connectivity index (χ4v) is 3.37. The third-order valence-electron chi connectivity index (χ3n) is 4.12. The van der Waals surface area contributed by atoms with Crippen molar-refractivity contribution >= 4 is 52.3 Å². The highest BCUT2D eigenvalue weighted by Gasteiger charge is 2.15. The number of nitrogens with zero attached hydrogens (tertiary/aromatic N) is 1. The SMILES string of the molecule is O=C(/C=C/c1ccccc1)NC(=S)Nc1ccc(N2CCCC2)c(Cl)c1. The van der Waals surface area contributed by atoms with Gasteiger partial charge in [-0.25, -0.2) is 0 Å². The van der Waals surface area contributed by atoms with E-state index in [2.05, 4.69) is 15.5 Å². The third-order valence-corrected chi connectivity index (χ3v) is 4.62. The third kappa shape index (κ3) is 5.07. The van der Waals surface area contributed by atoms with E-state index >= 15 is 0 Å². The highest BCUT2D eigenvalue weighted by Crippen LogP contribution is 2.31. The molecular formula is C20H20ClN3OS. The molecule has 1 saturated heterocycles. The van der Waals surface area contributed by atoms with E-state index in [1.807, 2.05) is 48.5 Å². The van der Waals surface area contributed by atoms with Gasteiger partial charge in [0.25, 0.3) is 0 Å². The first-order chi connectivity index (χ1) is 12.6. The first-order valence-corrected chi connectivity index (χ1v) is 9.30. The molecule has 1 aliphatic heterocycles. The van der Waals surface area contributed by atoms with Crippen LogP contribution < -0.4 is 15.5 Å². The highest BCUT2D eigenvalue weighted by molar-refractivity contribution is 7.80. The molecule has 6 heteroatoms. The van der Waals surface area contributed by atoms with Gasteiger partial charge < -0.3 is 10.2 Å². The van der Waals surface area contributed by atoms with Crippen LogP contribution in [0.25, 0.3) is 6.08 Å². The summed E-state index contributed by atoms with van der Waals surface area (Å²) in [6.07, 6.45) is 5.58. The molecule has 0 spiro atoms. The van der Waals surface area contributed by atoms with Crippen LogP contribution in [0.5, 0.6) is 0 Å². The number of anilines is 2. The average Bonchev–Trinajstić information content (AvgIpc) is 3.15. The molecule has 2 N–H and O–H groups in total. The van der Waals surface area contributed by atoms with E-state index in [0.29, 0.717) is 5.02 Å². The largest absolute Gasteiger partial charge is 0.370 e. The van der Waals surface area contributed by atoms with Crippen molar-refractivity contribution in [1.29, 1.82) is 0 Å². The quantitative estimate of drug-likeness (QED) is 0.602. The Morgan fingerprint density at radius 2 is 1.85 bits per heavy atom. The Bertz CT molecular complexity index is 817. The summed E-state index contributed by atoms with van der Waals surface area (Å²) in [7, 11) is 0. The van der Waals surface area contributed by atoms with Gasteiger partial charge in [-0.15, -0.1) is 0 Å². The lowest BCUT2D eigenvalue weighted by atomic mass is 10.2. The van der Waals surface area contributed by atoms with Gasteiger partial charge in [-0.05, 0) is 54.9 Å². The van der Waals surface area contributed by atoms with Crippen LogP contribution in [0.4, 0.5) is 11.4 Å². The molecule has 1 heterocycles. The molecule has 1 aliphatic rings. The number of benzene rings is 2. The van der Waals surface area contributed by atoms with Crippen molar-refractivity contribution in [3.05, 3.63) is 65.2 Å². The Morgan fingerprint density at radius 1 is 1.12 bits per heavy atom. The molecule has 2 aromatic carbocycles. The van der Waals surface area contributed by atoms with Crippen LogP contribution in [0.3, 0.4) is 0 Å². The molecule has 0 aromatic heterocycles. The molecule has 1 amide bonds. The number of hydrogen-bond acceptors (Lipinski definition) is 3. The van der Waals surface area contributed by atoms with Crippen LogP contribution >= 0.6 is 23.8 Å². The van der Waals surface area contributed by atoms with E-state index < -0.39 is 0 Å². The first-order valence-electron chi connectivity index (χ1n) is 8.51. The first kappa shape index (κ1) is 18.4. The van der Waals surface area contributed by atoms with E-state index in [1.54, 1.807) is 6.08 Å². The van der Waals surface area contributed by atoms with E-state index in [0.717, 1.165) is 30.0 Å². The van der Waals surface area contributed by atoms with Crippen molar-refractivity contribution in [3.63, 3.8) is 0 Å². The minimum Gasteiger partial charge on any atom is -0.370 e. The second kappa shape index (κ2) is 8.83. The molecule has 0 radical (unpaired) electrons. The topological polar surface area (TPSA) is 44.4 Å². The van der Waals surface area contributed by atoms with Gasteiger partial charge in [-0.2, -0.15) is 0 Å². The lowest BCUT2D eigenvalue weighted by Gasteiger charge is -2.20. The number of nitrogens with one attached hydrogen (secondary N) is 2. The Morgan fingerprint density at radius 3 is 2.54 bits per heavy atom. The molecule has 26 heavy (non-hydrogen) atoms. The maximum Gasteiger partial charge on any atom is 0.250 e. The molecule has 4 nitrogen and oxygen atoms in total. The van der Waals surface area contributed by atoms with Gasteiger partial charge in [0.1, 0.15) is 0 Å². The molecule has 134 valence electrons. The van der Waals surface area contributed by atoms with Gasteiger partial charge in [0, 0.05) is 24.9 Å². The highest BCUT2D eigenvalue weighted by atomic mass is 35.5. The summed E-state index contributed by atoms with van der Waals surface area (Å²) in [5, 5.41) is 6.53. The van der Waals surface area contributed by atoms with Crippen molar-refractivity contribution in [2.24, 2.45) is 0 Å². The summed E-state index contributed by atoms with van der Waals surface area (Å²) in [5.74, 6) is -0.286. The summed E-state index contributed by atoms with van der Waals surface area (Å²) in [5.41, 5.74) is 2.73. The monoisotopic (exact) mass is 385 g/mol. The standard InChI is InChI=1S/C20H20ClN3OS/c21-17-14-16(9-10-18(17)24-12-4-5-13-24)22-20(26)23-19(25)11-8-15-6-2-1-3-7-15/h1-3,6-11,14H,4-5,12-13H2,(H2,22,23,25,26)/b11-8+. The molecule has 1 fully saturated rings. The Kier molecular flexibility index (Phi) is 6.26. The van der Waals surface area contributed by atoms with Gasteiger partial charge in [0.15, 0.2) is 5.11 Å². The fourth-order valence-electron chi connectivity index (χ4n) is 2.85. The number of thiocarbonyl (C=S) groups is 1. The van der Waals surface area contributed by atoms with Crippen molar-refractivity contribution in [2.75, 3.05) is 23.3 Å². The predicted octanol–water partition coefficient (Wildman–Crippen LogP) is 4.47. The van der Waals surface area contributed by atoms with Crippen LogP contribution in [0.1, 0.15) is 18.4 Å². The second-order valence-electron chi connectivity index (χ2n) is 6.05. The number of amides is 1. The van der Waals surface area contributed by atoms with Crippen molar-refractivity contribution < 1.29 is 4.79 Å². The zero-order valence-electron chi connectivity index (χ0n) is 14.2. The maximum atomic E-state index is 12.0. The summed E-state index contributed by atoms with van der Waals surface area (Å²) < 4.78 is 0. The predicted molar refractivity (Wildman–Crippen MR) is 113 cm³/mol. The number of carbonyl (C=O) groups is 1. The smallest absolute Gasteiger partial charge is 0.250 e.